The minimum Gasteiger partial charge on any atom is -0.491 e. The molecule has 36 heavy (non-hydrogen) atoms. The second kappa shape index (κ2) is 11.3. The number of aliphatic carboxylic acids is 1. The molecule has 0 fully saturated rings. The van der Waals surface area contributed by atoms with Gasteiger partial charge in [0.25, 0.3) is 0 Å². The molecule has 0 saturated carbocycles. The molecule has 1 unspecified atom stereocenters. The predicted octanol–water partition coefficient (Wildman–Crippen LogP) is 6.58. The maximum absolute atomic E-state index is 11.1. The summed E-state index contributed by atoms with van der Waals surface area (Å²) in [6.07, 6.45) is 4.68. The lowest BCUT2D eigenvalue weighted by atomic mass is 9.70. The van der Waals surface area contributed by atoms with Crippen LogP contribution < -0.4 is 4.74 Å². The van der Waals surface area contributed by atoms with Crippen LogP contribution in [0.1, 0.15) is 69.7 Å². The molecule has 1 heterocycles. The van der Waals surface area contributed by atoms with Crippen molar-refractivity contribution in [2.24, 2.45) is 5.41 Å². The van der Waals surface area contributed by atoms with Crippen LogP contribution in [0.15, 0.2) is 60.9 Å². The molecule has 2 N–H and O–H groups in total. The first-order valence-electron chi connectivity index (χ1n) is 12.7. The Bertz CT molecular complexity index is 1170. The summed E-state index contributed by atoms with van der Waals surface area (Å²) in [5, 5.41) is 19.4. The lowest BCUT2D eigenvalue weighted by Gasteiger charge is -2.34. The minimum atomic E-state index is -0.864. The Morgan fingerprint density at radius 1 is 0.944 bits per heavy atom. The van der Waals surface area contributed by atoms with Gasteiger partial charge in [-0.15, -0.1) is 0 Å². The Kier molecular flexibility index (Phi) is 8.57. The van der Waals surface area contributed by atoms with E-state index in [4.69, 9.17) is 9.84 Å². The number of carboxylic acid groups (broad SMARTS) is 1. The largest absolute Gasteiger partial charge is 0.491 e. The molecule has 2 aromatic carbocycles. The molecular formula is C31H39NO4. The van der Waals surface area contributed by atoms with E-state index in [9.17, 15) is 9.90 Å². The minimum absolute atomic E-state index is 0.0398. The van der Waals surface area contributed by atoms with Crippen LogP contribution in [-0.2, 0) is 16.6 Å². The third-order valence-electron chi connectivity index (χ3n) is 7.25. The molecule has 0 aliphatic heterocycles. The van der Waals surface area contributed by atoms with Crippen molar-refractivity contribution >= 4 is 5.97 Å². The molecule has 0 aliphatic rings. The number of aliphatic hydroxyl groups excluding tert-OH is 1. The predicted molar refractivity (Wildman–Crippen MR) is 145 cm³/mol. The molecule has 1 aromatic heterocycles. The highest BCUT2D eigenvalue weighted by molar-refractivity contribution is 5.71. The number of pyridine rings is 1. The highest BCUT2D eigenvalue weighted by Crippen LogP contribution is 2.41. The molecule has 5 heteroatoms. The van der Waals surface area contributed by atoms with Gasteiger partial charge in [0.2, 0.25) is 0 Å². The van der Waals surface area contributed by atoms with Crippen LogP contribution in [0, 0.1) is 12.3 Å². The van der Waals surface area contributed by atoms with Crippen LogP contribution in [0.2, 0.25) is 0 Å². The van der Waals surface area contributed by atoms with E-state index in [1.54, 1.807) is 12.4 Å². The fourth-order valence-corrected chi connectivity index (χ4v) is 4.66. The molecule has 192 valence electrons. The molecule has 1 atom stereocenters. The zero-order valence-electron chi connectivity index (χ0n) is 22.3. The van der Waals surface area contributed by atoms with E-state index < -0.39 is 12.1 Å². The number of aliphatic hydroxyl groups is 1. The van der Waals surface area contributed by atoms with Crippen LogP contribution >= 0.6 is 0 Å². The Morgan fingerprint density at radius 2 is 1.58 bits per heavy atom. The molecule has 0 radical (unpaired) electrons. The fourth-order valence-electron chi connectivity index (χ4n) is 4.66. The lowest BCUT2D eigenvalue weighted by molar-refractivity contribution is -0.136. The number of aryl methyl sites for hydroxylation is 1. The van der Waals surface area contributed by atoms with Crippen molar-refractivity contribution in [1.29, 1.82) is 0 Å². The molecule has 0 saturated heterocycles. The molecular weight excluding hydrogens is 450 g/mol. The highest BCUT2D eigenvalue weighted by Gasteiger charge is 2.31. The molecule has 0 bridgehead atoms. The van der Waals surface area contributed by atoms with Gasteiger partial charge in [-0.2, -0.15) is 0 Å². The number of ether oxygens (including phenoxy) is 1. The number of aromatic nitrogens is 1. The van der Waals surface area contributed by atoms with Gasteiger partial charge in [-0.3, -0.25) is 9.78 Å². The van der Waals surface area contributed by atoms with Gasteiger partial charge in [-0.25, -0.2) is 0 Å². The summed E-state index contributed by atoms with van der Waals surface area (Å²) in [6, 6.07) is 16.8. The summed E-state index contributed by atoms with van der Waals surface area (Å²) in [7, 11) is 0. The van der Waals surface area contributed by atoms with E-state index in [-0.39, 0.29) is 23.9 Å². The lowest BCUT2D eigenvalue weighted by Crippen LogP contribution is -2.32. The Hall–Kier alpha value is -3.18. The SMILES string of the molecule is CCC(CC)(c1ccc(-c2cncc(CC(=O)O)c2)cc1)c1ccc(OCC(O)C(C)(C)C)c(C)c1. The zero-order chi connectivity index (χ0) is 26.5. The van der Waals surface area contributed by atoms with Crippen molar-refractivity contribution in [2.75, 3.05) is 6.61 Å². The number of rotatable bonds is 10. The molecule has 0 aliphatic carbocycles. The van der Waals surface area contributed by atoms with E-state index in [1.807, 2.05) is 32.9 Å². The third-order valence-corrected chi connectivity index (χ3v) is 7.25. The van der Waals surface area contributed by atoms with Gasteiger partial charge in [0.15, 0.2) is 0 Å². The number of hydrogen-bond donors (Lipinski definition) is 2. The number of nitrogens with zero attached hydrogens (tertiary/aromatic N) is 1. The van der Waals surface area contributed by atoms with Crippen LogP contribution in [0.5, 0.6) is 5.75 Å². The first-order valence-corrected chi connectivity index (χ1v) is 12.7. The van der Waals surface area contributed by atoms with Gasteiger partial charge >= 0.3 is 5.97 Å². The smallest absolute Gasteiger partial charge is 0.307 e. The molecule has 5 nitrogen and oxygen atoms in total. The first kappa shape index (κ1) is 27.4. The van der Waals surface area contributed by atoms with Crippen LogP contribution in [0.3, 0.4) is 0 Å². The van der Waals surface area contributed by atoms with E-state index >= 15 is 0 Å². The van der Waals surface area contributed by atoms with Crippen LogP contribution in [0.4, 0.5) is 0 Å². The maximum atomic E-state index is 11.1. The third kappa shape index (κ3) is 6.14. The van der Waals surface area contributed by atoms with Gasteiger partial charge in [0.1, 0.15) is 12.4 Å². The fraction of sp³-hybridized carbons (Fsp3) is 0.419. The molecule has 0 spiro atoms. The van der Waals surface area contributed by atoms with Gasteiger partial charge in [0.05, 0.1) is 12.5 Å². The molecule has 0 amide bonds. The van der Waals surface area contributed by atoms with Crippen LogP contribution in [-0.4, -0.2) is 33.9 Å². The summed E-state index contributed by atoms with van der Waals surface area (Å²) in [5.74, 6) is -0.0655. The number of carboxylic acids is 1. The summed E-state index contributed by atoms with van der Waals surface area (Å²) >= 11 is 0. The summed E-state index contributed by atoms with van der Waals surface area (Å²) in [4.78, 5) is 15.3. The van der Waals surface area contributed by atoms with Gasteiger partial charge in [-0.05, 0) is 65.1 Å². The number of hydrogen-bond acceptors (Lipinski definition) is 4. The maximum Gasteiger partial charge on any atom is 0.307 e. The Labute approximate surface area is 215 Å². The van der Waals surface area contributed by atoms with Crippen molar-refractivity contribution in [3.8, 4) is 16.9 Å². The quantitative estimate of drug-likeness (QED) is 0.336. The summed E-state index contributed by atoms with van der Waals surface area (Å²) in [6.45, 7) is 12.8. The summed E-state index contributed by atoms with van der Waals surface area (Å²) in [5.41, 5.74) is 5.77. The Morgan fingerprint density at radius 3 is 2.14 bits per heavy atom. The highest BCUT2D eigenvalue weighted by atomic mass is 16.5. The Balaban J connectivity index is 1.88. The standard InChI is InChI=1S/C31H39NO4/c1-7-31(8-2,26-13-14-27(21(3)15-26)36-20-28(33)30(4,5)6)25-11-9-23(10-12-25)24-16-22(17-29(34)35)18-32-19-24/h9-16,18-19,28,33H,7-8,17,20H2,1-6H3,(H,34,35). The second-order valence-electron chi connectivity index (χ2n) is 10.7. The van der Waals surface area contributed by atoms with E-state index in [1.165, 1.54) is 11.1 Å². The monoisotopic (exact) mass is 489 g/mol. The van der Waals surface area contributed by atoms with E-state index in [0.29, 0.717) is 5.56 Å². The van der Waals surface area contributed by atoms with Crippen molar-refractivity contribution in [3.05, 3.63) is 83.2 Å². The van der Waals surface area contributed by atoms with Crippen LogP contribution in [0.25, 0.3) is 11.1 Å². The van der Waals surface area contributed by atoms with Crippen molar-refractivity contribution in [2.45, 2.75) is 72.3 Å². The van der Waals surface area contributed by atoms with Crippen molar-refractivity contribution < 1.29 is 19.7 Å². The summed E-state index contributed by atoms with van der Waals surface area (Å²) < 4.78 is 5.97. The van der Waals surface area contributed by atoms with E-state index in [2.05, 4.69) is 62.2 Å². The number of carbonyl (C=O) groups is 1. The van der Waals surface area contributed by atoms with E-state index in [0.717, 1.165) is 35.3 Å². The van der Waals surface area contributed by atoms with Crippen molar-refractivity contribution in [3.63, 3.8) is 0 Å². The average molecular weight is 490 g/mol. The first-order chi connectivity index (χ1) is 17.0. The zero-order valence-corrected chi connectivity index (χ0v) is 22.3. The van der Waals surface area contributed by atoms with Gasteiger partial charge in [-0.1, -0.05) is 71.0 Å². The molecule has 3 rings (SSSR count). The topological polar surface area (TPSA) is 79.7 Å². The van der Waals surface area contributed by atoms with Crippen molar-refractivity contribution in [1.82, 2.24) is 4.98 Å². The second-order valence-corrected chi connectivity index (χ2v) is 10.7. The van der Waals surface area contributed by atoms with Gasteiger partial charge < -0.3 is 14.9 Å². The average Bonchev–Trinajstić information content (AvgIpc) is 2.84. The molecule has 3 aromatic rings. The normalized spacial score (nSPS) is 12.9. The number of benzene rings is 2. The van der Waals surface area contributed by atoms with Gasteiger partial charge in [0, 0.05) is 23.4 Å².